The van der Waals surface area contributed by atoms with E-state index in [0.29, 0.717) is 5.56 Å². The molecule has 0 radical (unpaired) electrons. The molecule has 0 atom stereocenters. The third kappa shape index (κ3) is 3.59. The molecule has 0 aliphatic carbocycles. The van der Waals surface area contributed by atoms with Gasteiger partial charge in [-0.05, 0) is 39.0 Å². The largest absolute Gasteiger partial charge is 0.403 e. The molecule has 0 spiro atoms. The van der Waals surface area contributed by atoms with Gasteiger partial charge in [-0.1, -0.05) is 28.4 Å². The lowest BCUT2D eigenvalue weighted by Gasteiger charge is -2.03. The second kappa shape index (κ2) is 6.75. The summed E-state index contributed by atoms with van der Waals surface area (Å²) in [5.74, 6) is -0.286. The molecule has 0 saturated heterocycles. The lowest BCUT2D eigenvalue weighted by atomic mass is 10.1. The predicted molar refractivity (Wildman–Crippen MR) is 95.0 cm³/mol. The summed E-state index contributed by atoms with van der Waals surface area (Å²) in [6, 6.07) is 9.97. The zero-order valence-corrected chi connectivity index (χ0v) is 14.4. The van der Waals surface area contributed by atoms with Gasteiger partial charge in [-0.15, -0.1) is 5.10 Å². The van der Waals surface area contributed by atoms with Crippen LogP contribution in [0.1, 0.15) is 27.0 Å². The highest BCUT2D eigenvalue weighted by molar-refractivity contribution is 6.03. The quantitative estimate of drug-likeness (QED) is 0.564. The van der Waals surface area contributed by atoms with Crippen LogP contribution in [0.4, 0.5) is 11.7 Å². The molecule has 1 N–H and O–H groups in total. The number of benzene rings is 2. The molecule has 0 aliphatic rings. The molecule has 1 aromatic heterocycles. The monoisotopic (exact) mass is 352 g/mol. The van der Waals surface area contributed by atoms with Gasteiger partial charge >= 0.3 is 6.01 Å². The van der Waals surface area contributed by atoms with Crippen LogP contribution in [0.25, 0.3) is 11.5 Å². The molecule has 0 unspecified atom stereocenters. The van der Waals surface area contributed by atoms with Crippen molar-refractivity contribution in [1.29, 1.82) is 0 Å². The van der Waals surface area contributed by atoms with Crippen LogP contribution >= 0.6 is 0 Å². The molecule has 0 fully saturated rings. The molecule has 8 heteroatoms. The van der Waals surface area contributed by atoms with Crippen molar-refractivity contribution in [3.05, 3.63) is 68.8 Å². The van der Waals surface area contributed by atoms with Crippen LogP contribution in [0.3, 0.4) is 0 Å². The summed E-state index contributed by atoms with van der Waals surface area (Å²) in [4.78, 5) is 22.8. The summed E-state index contributed by atoms with van der Waals surface area (Å²) in [6.07, 6.45) is 0. The van der Waals surface area contributed by atoms with Crippen molar-refractivity contribution >= 4 is 17.6 Å². The number of aromatic nitrogens is 2. The summed E-state index contributed by atoms with van der Waals surface area (Å²) < 4.78 is 5.49. The Labute approximate surface area is 149 Å². The third-order valence-electron chi connectivity index (χ3n) is 3.78. The van der Waals surface area contributed by atoms with Crippen LogP contribution in [0, 0.1) is 30.9 Å². The summed E-state index contributed by atoms with van der Waals surface area (Å²) in [6.45, 7) is 5.52. The normalized spacial score (nSPS) is 10.6. The Hall–Kier alpha value is -3.55. The van der Waals surface area contributed by atoms with Crippen molar-refractivity contribution in [3.63, 3.8) is 0 Å². The van der Waals surface area contributed by atoms with E-state index >= 15 is 0 Å². The standard InChI is InChI=1S/C18H16N4O4/c1-10-6-11(2)8-14(7-10)17-20-21-18(26-17)19-16(23)13-5-4-12(3)15(9-13)22(24)25/h4-9H,1-3H3,(H,19,21,23). The molecule has 1 heterocycles. The van der Waals surface area contributed by atoms with E-state index in [1.54, 1.807) is 6.92 Å². The molecule has 0 bridgehead atoms. The molecule has 1 amide bonds. The van der Waals surface area contributed by atoms with Crippen LogP contribution in [0.15, 0.2) is 40.8 Å². The van der Waals surface area contributed by atoms with Gasteiger partial charge in [-0.3, -0.25) is 20.2 Å². The Kier molecular flexibility index (Phi) is 4.49. The maximum atomic E-state index is 12.3. The van der Waals surface area contributed by atoms with E-state index in [2.05, 4.69) is 15.5 Å². The van der Waals surface area contributed by atoms with E-state index in [-0.39, 0.29) is 23.2 Å². The maximum Gasteiger partial charge on any atom is 0.322 e. The van der Waals surface area contributed by atoms with Crippen molar-refractivity contribution in [3.8, 4) is 11.5 Å². The van der Waals surface area contributed by atoms with Gasteiger partial charge in [0.15, 0.2) is 0 Å². The fraction of sp³-hybridized carbons (Fsp3) is 0.167. The fourth-order valence-electron chi connectivity index (χ4n) is 2.61. The van der Waals surface area contributed by atoms with Crippen LogP contribution in [0.2, 0.25) is 0 Å². The van der Waals surface area contributed by atoms with Gasteiger partial charge in [0.25, 0.3) is 11.6 Å². The van der Waals surface area contributed by atoms with Crippen molar-refractivity contribution in [1.82, 2.24) is 10.2 Å². The topological polar surface area (TPSA) is 111 Å². The highest BCUT2D eigenvalue weighted by Gasteiger charge is 2.17. The van der Waals surface area contributed by atoms with E-state index in [1.165, 1.54) is 18.2 Å². The lowest BCUT2D eigenvalue weighted by molar-refractivity contribution is -0.385. The van der Waals surface area contributed by atoms with Gasteiger partial charge < -0.3 is 4.42 Å². The number of aryl methyl sites for hydroxylation is 3. The lowest BCUT2D eigenvalue weighted by Crippen LogP contribution is -2.12. The number of rotatable bonds is 4. The average molecular weight is 352 g/mol. The first-order valence-electron chi connectivity index (χ1n) is 7.82. The molecule has 0 aliphatic heterocycles. The van der Waals surface area contributed by atoms with Crippen LogP contribution < -0.4 is 5.32 Å². The third-order valence-corrected chi connectivity index (χ3v) is 3.78. The number of anilines is 1. The van der Waals surface area contributed by atoms with Crippen LogP contribution in [0.5, 0.6) is 0 Å². The summed E-state index contributed by atoms with van der Waals surface area (Å²) in [7, 11) is 0. The number of amides is 1. The van der Waals surface area contributed by atoms with E-state index in [1.807, 2.05) is 32.0 Å². The van der Waals surface area contributed by atoms with Crippen LogP contribution in [-0.2, 0) is 0 Å². The molecule has 2 aromatic carbocycles. The molecule has 132 valence electrons. The SMILES string of the molecule is Cc1cc(C)cc(-c2nnc(NC(=O)c3ccc(C)c([N+](=O)[O-])c3)o2)c1. The van der Waals surface area contributed by atoms with E-state index in [9.17, 15) is 14.9 Å². The number of nitrogens with one attached hydrogen (secondary N) is 1. The van der Waals surface area contributed by atoms with E-state index in [0.717, 1.165) is 16.7 Å². The number of carbonyl (C=O) groups excluding carboxylic acids is 1. The highest BCUT2D eigenvalue weighted by Crippen LogP contribution is 2.23. The van der Waals surface area contributed by atoms with Gasteiger partial charge in [0.1, 0.15) is 0 Å². The Balaban J connectivity index is 1.82. The van der Waals surface area contributed by atoms with Crippen LogP contribution in [-0.4, -0.2) is 21.0 Å². The predicted octanol–water partition coefficient (Wildman–Crippen LogP) is 3.82. The Morgan fingerprint density at radius 3 is 2.42 bits per heavy atom. The fourth-order valence-corrected chi connectivity index (χ4v) is 2.61. The first-order valence-corrected chi connectivity index (χ1v) is 7.82. The first-order chi connectivity index (χ1) is 12.3. The number of carbonyl (C=O) groups is 1. The second-order valence-corrected chi connectivity index (χ2v) is 6.00. The van der Waals surface area contributed by atoms with Crippen molar-refractivity contribution < 1.29 is 14.1 Å². The minimum atomic E-state index is -0.566. The molecular formula is C18H16N4O4. The molecule has 3 aromatic rings. The average Bonchev–Trinajstić information content (AvgIpc) is 3.02. The maximum absolute atomic E-state index is 12.3. The second-order valence-electron chi connectivity index (χ2n) is 6.00. The van der Waals surface area contributed by atoms with Crippen molar-refractivity contribution in [2.75, 3.05) is 5.32 Å². The Bertz CT molecular complexity index is 990. The van der Waals surface area contributed by atoms with Crippen molar-refractivity contribution in [2.24, 2.45) is 0 Å². The highest BCUT2D eigenvalue weighted by atomic mass is 16.6. The molecule has 8 nitrogen and oxygen atoms in total. The zero-order chi connectivity index (χ0) is 18.8. The molecule has 3 rings (SSSR count). The number of hydrogen-bond acceptors (Lipinski definition) is 6. The zero-order valence-electron chi connectivity index (χ0n) is 14.4. The van der Waals surface area contributed by atoms with E-state index < -0.39 is 10.8 Å². The first kappa shape index (κ1) is 17.3. The van der Waals surface area contributed by atoms with Gasteiger partial charge in [-0.25, -0.2) is 0 Å². The minimum absolute atomic E-state index is 0.0765. The van der Waals surface area contributed by atoms with Gasteiger partial charge in [0.2, 0.25) is 5.89 Å². The Morgan fingerprint density at radius 2 is 1.77 bits per heavy atom. The molecule has 0 saturated carbocycles. The van der Waals surface area contributed by atoms with Crippen molar-refractivity contribution in [2.45, 2.75) is 20.8 Å². The minimum Gasteiger partial charge on any atom is -0.403 e. The smallest absolute Gasteiger partial charge is 0.322 e. The molecule has 26 heavy (non-hydrogen) atoms. The summed E-state index contributed by atoms with van der Waals surface area (Å²) >= 11 is 0. The summed E-state index contributed by atoms with van der Waals surface area (Å²) in [5, 5.41) is 21.2. The molecular weight excluding hydrogens is 336 g/mol. The van der Waals surface area contributed by atoms with Gasteiger partial charge in [0.05, 0.1) is 4.92 Å². The number of nitrogens with zero attached hydrogens (tertiary/aromatic N) is 3. The Morgan fingerprint density at radius 1 is 1.08 bits per heavy atom. The number of nitro groups is 1. The van der Waals surface area contributed by atoms with Gasteiger partial charge in [0, 0.05) is 22.8 Å². The summed E-state index contributed by atoms with van der Waals surface area (Å²) in [5.41, 5.74) is 3.34. The van der Waals surface area contributed by atoms with Gasteiger partial charge in [-0.2, -0.15) is 0 Å². The van der Waals surface area contributed by atoms with E-state index in [4.69, 9.17) is 4.42 Å². The number of hydrogen-bond donors (Lipinski definition) is 1. The number of nitro benzene ring substituents is 1.